The molecule has 1 aliphatic heterocycles. The molecule has 0 aliphatic carbocycles. The molecule has 1 aromatic heterocycles. The Morgan fingerprint density at radius 1 is 1.11 bits per heavy atom. The van der Waals surface area contributed by atoms with Crippen LogP contribution in [0.5, 0.6) is 0 Å². The zero-order chi connectivity index (χ0) is 19.2. The minimum absolute atomic E-state index is 0.195. The molecule has 2 aromatic rings. The first-order valence-corrected chi connectivity index (χ1v) is 9.76. The number of hydrogen-bond acceptors (Lipinski definition) is 3. The normalized spacial score (nSPS) is 13.3. The number of carbonyl (C=O) groups excluding carboxylic acids is 2. The summed E-state index contributed by atoms with van der Waals surface area (Å²) >= 11 is 0. The summed E-state index contributed by atoms with van der Waals surface area (Å²) in [4.78, 5) is 29.7. The summed E-state index contributed by atoms with van der Waals surface area (Å²) in [6.45, 7) is 5.98. The standard InChI is InChI=1S/C21H28N4O2/c1-15(2)14-23-21(27)19-24-18(17-10-6-7-13-25(17)19)20(26)22-12-11-16-8-4-3-5-9-16/h3-5,8-9,15H,6-7,10-14H2,1-2H3,(H,22,26)(H,23,27). The molecule has 2 N–H and O–H groups in total. The molecule has 6 nitrogen and oxygen atoms in total. The molecular weight excluding hydrogens is 340 g/mol. The van der Waals surface area contributed by atoms with Crippen molar-refractivity contribution < 1.29 is 9.59 Å². The number of carbonyl (C=O) groups is 2. The molecular formula is C21H28N4O2. The SMILES string of the molecule is CC(C)CNC(=O)c1nc(C(=O)NCCc2ccccc2)c2n1CCCC2. The van der Waals surface area contributed by atoms with E-state index in [1.54, 1.807) is 0 Å². The van der Waals surface area contributed by atoms with E-state index in [1.807, 2.05) is 48.7 Å². The fourth-order valence-corrected chi connectivity index (χ4v) is 3.32. The van der Waals surface area contributed by atoms with Gasteiger partial charge in [0.1, 0.15) is 5.69 Å². The fraction of sp³-hybridized carbons (Fsp3) is 0.476. The Bertz CT molecular complexity index is 796. The van der Waals surface area contributed by atoms with Crippen LogP contribution in [0.15, 0.2) is 30.3 Å². The van der Waals surface area contributed by atoms with Crippen molar-refractivity contribution in [2.75, 3.05) is 13.1 Å². The molecule has 144 valence electrons. The first kappa shape index (κ1) is 19.1. The first-order valence-electron chi connectivity index (χ1n) is 9.76. The molecule has 0 radical (unpaired) electrons. The Balaban J connectivity index is 1.70. The maximum atomic E-state index is 12.7. The van der Waals surface area contributed by atoms with Gasteiger partial charge in [0.15, 0.2) is 5.82 Å². The van der Waals surface area contributed by atoms with Gasteiger partial charge in [0.25, 0.3) is 11.8 Å². The van der Waals surface area contributed by atoms with E-state index in [-0.39, 0.29) is 11.8 Å². The van der Waals surface area contributed by atoms with Crippen LogP contribution < -0.4 is 10.6 Å². The second-order valence-corrected chi connectivity index (χ2v) is 7.43. The summed E-state index contributed by atoms with van der Waals surface area (Å²) in [6.07, 6.45) is 3.57. The van der Waals surface area contributed by atoms with Gasteiger partial charge in [-0.1, -0.05) is 44.2 Å². The monoisotopic (exact) mass is 368 g/mol. The molecule has 1 aliphatic rings. The second kappa shape index (κ2) is 8.84. The highest BCUT2D eigenvalue weighted by Gasteiger charge is 2.27. The maximum absolute atomic E-state index is 12.7. The topological polar surface area (TPSA) is 76.0 Å². The number of imidazole rings is 1. The van der Waals surface area contributed by atoms with Crippen LogP contribution in [0.3, 0.4) is 0 Å². The van der Waals surface area contributed by atoms with Gasteiger partial charge in [0.05, 0.1) is 5.69 Å². The predicted octanol–water partition coefficient (Wildman–Crippen LogP) is 2.58. The van der Waals surface area contributed by atoms with Crippen molar-refractivity contribution in [2.45, 2.75) is 46.1 Å². The Kier molecular flexibility index (Phi) is 6.27. The van der Waals surface area contributed by atoms with Gasteiger partial charge in [0.2, 0.25) is 0 Å². The van der Waals surface area contributed by atoms with E-state index in [4.69, 9.17) is 0 Å². The van der Waals surface area contributed by atoms with Crippen molar-refractivity contribution in [3.63, 3.8) is 0 Å². The van der Waals surface area contributed by atoms with E-state index in [9.17, 15) is 9.59 Å². The molecule has 0 spiro atoms. The molecule has 2 amide bonds. The molecule has 0 saturated carbocycles. The largest absolute Gasteiger partial charge is 0.350 e. The van der Waals surface area contributed by atoms with Gasteiger partial charge in [-0.15, -0.1) is 0 Å². The van der Waals surface area contributed by atoms with Crippen molar-refractivity contribution >= 4 is 11.8 Å². The molecule has 2 heterocycles. The third-order valence-electron chi connectivity index (χ3n) is 4.75. The summed E-state index contributed by atoms with van der Waals surface area (Å²) in [5, 5.41) is 5.87. The molecule has 3 rings (SSSR count). The minimum Gasteiger partial charge on any atom is -0.350 e. The maximum Gasteiger partial charge on any atom is 0.287 e. The quantitative estimate of drug-likeness (QED) is 0.789. The van der Waals surface area contributed by atoms with Gasteiger partial charge < -0.3 is 15.2 Å². The zero-order valence-electron chi connectivity index (χ0n) is 16.1. The average Bonchev–Trinajstić information content (AvgIpc) is 3.07. The lowest BCUT2D eigenvalue weighted by atomic mass is 10.1. The summed E-state index contributed by atoms with van der Waals surface area (Å²) in [7, 11) is 0. The van der Waals surface area contributed by atoms with Crippen molar-refractivity contribution in [3.8, 4) is 0 Å². The van der Waals surface area contributed by atoms with Crippen LogP contribution in [0.2, 0.25) is 0 Å². The number of nitrogens with one attached hydrogen (secondary N) is 2. The highest BCUT2D eigenvalue weighted by Crippen LogP contribution is 2.21. The van der Waals surface area contributed by atoms with Crippen LogP contribution in [-0.4, -0.2) is 34.5 Å². The minimum atomic E-state index is -0.199. The van der Waals surface area contributed by atoms with Crippen molar-refractivity contribution in [3.05, 3.63) is 53.1 Å². The molecule has 0 unspecified atom stereocenters. The molecule has 0 saturated heterocycles. The van der Waals surface area contributed by atoms with Gasteiger partial charge in [-0.2, -0.15) is 0 Å². The van der Waals surface area contributed by atoms with Crippen LogP contribution >= 0.6 is 0 Å². The number of aromatic nitrogens is 2. The van der Waals surface area contributed by atoms with E-state index < -0.39 is 0 Å². The van der Waals surface area contributed by atoms with Gasteiger partial charge in [0, 0.05) is 19.6 Å². The average molecular weight is 368 g/mol. The number of fused-ring (bicyclic) bond motifs is 1. The summed E-state index contributed by atoms with van der Waals surface area (Å²) in [5.74, 6) is 0.332. The number of amides is 2. The number of rotatable bonds is 7. The summed E-state index contributed by atoms with van der Waals surface area (Å²) in [6, 6.07) is 10.0. The lowest BCUT2D eigenvalue weighted by Crippen LogP contribution is -2.30. The lowest BCUT2D eigenvalue weighted by molar-refractivity contribution is 0.0933. The number of hydrogen-bond donors (Lipinski definition) is 2. The molecule has 0 atom stereocenters. The lowest BCUT2D eigenvalue weighted by Gasteiger charge is -2.17. The van der Waals surface area contributed by atoms with Gasteiger partial charge in [-0.25, -0.2) is 4.98 Å². The number of nitrogens with zero attached hydrogens (tertiary/aromatic N) is 2. The Labute approximate surface area is 160 Å². The van der Waals surface area contributed by atoms with E-state index in [2.05, 4.69) is 15.6 Å². The molecule has 1 aromatic carbocycles. The molecule has 27 heavy (non-hydrogen) atoms. The Hall–Kier alpha value is -2.63. The van der Waals surface area contributed by atoms with Crippen molar-refractivity contribution in [1.29, 1.82) is 0 Å². The van der Waals surface area contributed by atoms with Gasteiger partial charge >= 0.3 is 0 Å². The Morgan fingerprint density at radius 3 is 2.63 bits per heavy atom. The predicted molar refractivity (Wildman–Crippen MR) is 105 cm³/mol. The highest BCUT2D eigenvalue weighted by atomic mass is 16.2. The molecule has 0 fully saturated rings. The van der Waals surface area contributed by atoms with Crippen molar-refractivity contribution in [1.82, 2.24) is 20.2 Å². The smallest absolute Gasteiger partial charge is 0.287 e. The summed E-state index contributed by atoms with van der Waals surface area (Å²) in [5.41, 5.74) is 2.46. The van der Waals surface area contributed by atoms with E-state index in [0.29, 0.717) is 30.5 Å². The van der Waals surface area contributed by atoms with Crippen molar-refractivity contribution in [2.24, 2.45) is 5.92 Å². The second-order valence-electron chi connectivity index (χ2n) is 7.43. The third-order valence-corrected chi connectivity index (χ3v) is 4.75. The van der Waals surface area contributed by atoms with Crippen LogP contribution in [0.4, 0.5) is 0 Å². The zero-order valence-corrected chi connectivity index (χ0v) is 16.1. The van der Waals surface area contributed by atoms with Crippen LogP contribution in [0.1, 0.15) is 59.1 Å². The fourth-order valence-electron chi connectivity index (χ4n) is 3.32. The number of benzene rings is 1. The molecule has 6 heteroatoms. The van der Waals surface area contributed by atoms with E-state index >= 15 is 0 Å². The highest BCUT2D eigenvalue weighted by molar-refractivity contribution is 5.97. The van der Waals surface area contributed by atoms with E-state index in [0.717, 1.165) is 37.9 Å². The molecule has 0 bridgehead atoms. The van der Waals surface area contributed by atoms with Crippen LogP contribution in [-0.2, 0) is 19.4 Å². The van der Waals surface area contributed by atoms with E-state index in [1.165, 1.54) is 5.56 Å². The van der Waals surface area contributed by atoms with Gasteiger partial charge in [-0.05, 0) is 37.2 Å². The Morgan fingerprint density at radius 2 is 1.89 bits per heavy atom. The van der Waals surface area contributed by atoms with Crippen LogP contribution in [0.25, 0.3) is 0 Å². The first-order chi connectivity index (χ1) is 13.1. The van der Waals surface area contributed by atoms with Crippen LogP contribution in [0, 0.1) is 5.92 Å². The van der Waals surface area contributed by atoms with Gasteiger partial charge in [-0.3, -0.25) is 9.59 Å². The third kappa shape index (κ3) is 4.76. The summed E-state index contributed by atoms with van der Waals surface area (Å²) < 4.78 is 1.92.